The van der Waals surface area contributed by atoms with Gasteiger partial charge in [0.1, 0.15) is 0 Å². The molecule has 1 saturated heterocycles. The van der Waals surface area contributed by atoms with Crippen molar-refractivity contribution in [3.8, 4) is 0 Å². The minimum Gasteiger partial charge on any atom is -0.355 e. The minimum atomic E-state index is 0.406. The highest BCUT2D eigenvalue weighted by molar-refractivity contribution is 5.39. The van der Waals surface area contributed by atoms with E-state index in [9.17, 15) is 0 Å². The van der Waals surface area contributed by atoms with Crippen molar-refractivity contribution in [3.63, 3.8) is 0 Å². The van der Waals surface area contributed by atoms with E-state index >= 15 is 0 Å². The monoisotopic (exact) mass is 248 g/mol. The number of aromatic nitrogens is 2. The Bertz CT molecular complexity index is 372. The van der Waals surface area contributed by atoms with E-state index in [0.29, 0.717) is 5.41 Å². The lowest BCUT2D eigenvalue weighted by molar-refractivity contribution is 0.418. The zero-order valence-corrected chi connectivity index (χ0v) is 11.7. The van der Waals surface area contributed by atoms with Gasteiger partial charge in [-0.2, -0.15) is 5.10 Å². The van der Waals surface area contributed by atoms with E-state index in [2.05, 4.69) is 53.3 Å². The molecule has 0 bridgehead atoms. The molecule has 0 aliphatic carbocycles. The first-order chi connectivity index (χ1) is 8.61. The molecular formula is C14H24N4. The van der Waals surface area contributed by atoms with Gasteiger partial charge in [-0.25, -0.2) is 0 Å². The largest absolute Gasteiger partial charge is 0.355 e. The maximum absolute atomic E-state index is 4.34. The molecule has 1 fully saturated rings. The zero-order chi connectivity index (χ0) is 13.0. The molecule has 4 heteroatoms. The van der Waals surface area contributed by atoms with Gasteiger partial charge in [0, 0.05) is 19.6 Å². The number of rotatable bonds is 5. The van der Waals surface area contributed by atoms with Gasteiger partial charge in [0.15, 0.2) is 5.82 Å². The number of nitrogens with zero attached hydrogens (tertiary/aromatic N) is 3. The van der Waals surface area contributed by atoms with Crippen LogP contribution in [0.2, 0.25) is 0 Å². The highest BCUT2D eigenvalue weighted by atomic mass is 15.3. The van der Waals surface area contributed by atoms with Gasteiger partial charge < -0.3 is 10.2 Å². The lowest BCUT2D eigenvalue weighted by Gasteiger charge is -2.20. The molecule has 0 atom stereocenters. The molecule has 0 amide bonds. The van der Waals surface area contributed by atoms with Gasteiger partial charge in [0.2, 0.25) is 0 Å². The Balaban J connectivity index is 1.92. The third kappa shape index (κ3) is 3.42. The number of anilines is 1. The van der Waals surface area contributed by atoms with Gasteiger partial charge in [-0.05, 0) is 36.9 Å². The van der Waals surface area contributed by atoms with Crippen LogP contribution in [0, 0.1) is 5.41 Å². The van der Waals surface area contributed by atoms with Gasteiger partial charge in [-0.3, -0.25) is 0 Å². The van der Waals surface area contributed by atoms with Crippen molar-refractivity contribution in [1.82, 2.24) is 15.5 Å². The highest BCUT2D eigenvalue weighted by Gasteiger charge is 2.29. The Morgan fingerprint density at radius 1 is 1.33 bits per heavy atom. The molecule has 1 aliphatic heterocycles. The first kappa shape index (κ1) is 13.3. The molecule has 0 radical (unpaired) electrons. The third-order valence-electron chi connectivity index (χ3n) is 3.44. The van der Waals surface area contributed by atoms with Gasteiger partial charge in [0.05, 0.1) is 5.69 Å². The van der Waals surface area contributed by atoms with Crippen molar-refractivity contribution in [3.05, 3.63) is 17.8 Å². The second kappa shape index (κ2) is 5.65. The molecule has 18 heavy (non-hydrogen) atoms. The van der Waals surface area contributed by atoms with Gasteiger partial charge >= 0.3 is 0 Å². The Morgan fingerprint density at radius 3 is 2.72 bits per heavy atom. The van der Waals surface area contributed by atoms with Crippen molar-refractivity contribution >= 4 is 5.82 Å². The Kier molecular flexibility index (Phi) is 4.17. The summed E-state index contributed by atoms with van der Waals surface area (Å²) in [4.78, 5) is 2.33. The van der Waals surface area contributed by atoms with Crippen LogP contribution < -0.4 is 10.2 Å². The van der Waals surface area contributed by atoms with Crippen molar-refractivity contribution in [2.75, 3.05) is 24.5 Å². The van der Waals surface area contributed by atoms with Gasteiger partial charge in [-0.15, -0.1) is 5.10 Å². The second-order valence-electron chi connectivity index (χ2n) is 5.90. The zero-order valence-electron chi connectivity index (χ0n) is 11.7. The Hall–Kier alpha value is -1.16. The van der Waals surface area contributed by atoms with Crippen LogP contribution in [0.5, 0.6) is 0 Å². The summed E-state index contributed by atoms with van der Waals surface area (Å²) in [5, 5.41) is 12.0. The van der Waals surface area contributed by atoms with Gasteiger partial charge in [0.25, 0.3) is 0 Å². The fourth-order valence-corrected chi connectivity index (χ4v) is 2.32. The topological polar surface area (TPSA) is 41.0 Å². The fraction of sp³-hybridized carbons (Fsp3) is 0.714. The fourth-order valence-electron chi connectivity index (χ4n) is 2.32. The smallest absolute Gasteiger partial charge is 0.151 e. The maximum atomic E-state index is 4.34. The molecule has 0 unspecified atom stereocenters. The van der Waals surface area contributed by atoms with Crippen LogP contribution in [0.4, 0.5) is 5.82 Å². The lowest BCUT2D eigenvalue weighted by Crippen LogP contribution is -2.24. The molecular weight excluding hydrogens is 224 g/mol. The predicted molar refractivity (Wildman–Crippen MR) is 74.6 cm³/mol. The van der Waals surface area contributed by atoms with Crippen molar-refractivity contribution in [1.29, 1.82) is 0 Å². The van der Waals surface area contributed by atoms with Crippen molar-refractivity contribution in [2.45, 2.75) is 40.2 Å². The van der Waals surface area contributed by atoms with Crippen molar-refractivity contribution < 1.29 is 0 Å². The summed E-state index contributed by atoms with van der Waals surface area (Å²) in [6, 6.07) is 4.17. The number of hydrogen-bond donors (Lipinski definition) is 1. The van der Waals surface area contributed by atoms with E-state index in [1.807, 2.05) is 0 Å². The summed E-state index contributed by atoms with van der Waals surface area (Å²) in [5.41, 5.74) is 1.42. The van der Waals surface area contributed by atoms with E-state index in [1.165, 1.54) is 6.42 Å². The molecule has 2 rings (SSSR count). The lowest BCUT2D eigenvalue weighted by atomic mass is 9.93. The summed E-state index contributed by atoms with van der Waals surface area (Å²) in [7, 11) is 0. The van der Waals surface area contributed by atoms with Crippen LogP contribution in [-0.4, -0.2) is 29.8 Å². The molecule has 1 aromatic rings. The Morgan fingerprint density at radius 2 is 2.17 bits per heavy atom. The summed E-state index contributed by atoms with van der Waals surface area (Å²) in [6.45, 7) is 10.8. The third-order valence-corrected chi connectivity index (χ3v) is 3.44. The molecule has 1 aliphatic rings. The molecule has 4 nitrogen and oxygen atoms in total. The molecule has 0 saturated carbocycles. The quantitative estimate of drug-likeness (QED) is 0.811. The maximum Gasteiger partial charge on any atom is 0.151 e. The average molecular weight is 248 g/mol. The first-order valence-corrected chi connectivity index (χ1v) is 6.89. The van der Waals surface area contributed by atoms with Crippen LogP contribution in [0.25, 0.3) is 0 Å². The van der Waals surface area contributed by atoms with Crippen molar-refractivity contribution in [2.24, 2.45) is 5.41 Å². The van der Waals surface area contributed by atoms with E-state index in [1.54, 1.807) is 0 Å². The van der Waals surface area contributed by atoms with Crippen LogP contribution in [0.3, 0.4) is 0 Å². The summed E-state index contributed by atoms with van der Waals surface area (Å²) >= 11 is 0. The summed E-state index contributed by atoms with van der Waals surface area (Å²) in [6.07, 6.45) is 2.38. The first-order valence-electron chi connectivity index (χ1n) is 6.89. The van der Waals surface area contributed by atoms with Crippen LogP contribution in [0.1, 0.15) is 39.3 Å². The molecule has 0 spiro atoms. The normalized spacial score (nSPS) is 18.3. The van der Waals surface area contributed by atoms with Gasteiger partial charge in [-0.1, -0.05) is 20.8 Å². The number of hydrogen-bond acceptors (Lipinski definition) is 4. The van der Waals surface area contributed by atoms with E-state index < -0.39 is 0 Å². The SMILES string of the molecule is CCCNCc1ccc(N2CCC(C)(C)C2)nn1. The minimum absolute atomic E-state index is 0.406. The van der Waals surface area contributed by atoms with Crippen LogP contribution in [0.15, 0.2) is 12.1 Å². The standard InChI is InChI=1S/C14H24N4/c1-4-8-15-10-12-5-6-13(17-16-12)18-9-7-14(2,3)11-18/h5-6,15H,4,7-11H2,1-3H3. The summed E-state index contributed by atoms with van der Waals surface area (Å²) < 4.78 is 0. The second-order valence-corrected chi connectivity index (χ2v) is 5.90. The highest BCUT2D eigenvalue weighted by Crippen LogP contribution is 2.31. The molecule has 1 N–H and O–H groups in total. The summed E-state index contributed by atoms with van der Waals surface area (Å²) in [5.74, 6) is 1.01. The van der Waals surface area contributed by atoms with Crippen LogP contribution >= 0.6 is 0 Å². The molecule has 1 aromatic heterocycles. The van der Waals surface area contributed by atoms with E-state index in [0.717, 1.165) is 44.1 Å². The van der Waals surface area contributed by atoms with Crippen LogP contribution in [-0.2, 0) is 6.54 Å². The molecule has 100 valence electrons. The molecule has 0 aromatic carbocycles. The molecule has 2 heterocycles. The predicted octanol–water partition coefficient (Wildman–Crippen LogP) is 2.21. The number of nitrogens with one attached hydrogen (secondary N) is 1. The van der Waals surface area contributed by atoms with E-state index in [-0.39, 0.29) is 0 Å². The average Bonchev–Trinajstić information content (AvgIpc) is 2.71. The Labute approximate surface area is 110 Å². The van der Waals surface area contributed by atoms with E-state index in [4.69, 9.17) is 0 Å².